The lowest BCUT2D eigenvalue weighted by molar-refractivity contribution is 0.0937. The number of nitrogens with zero attached hydrogens (tertiary/aromatic N) is 5. The first-order valence-corrected chi connectivity index (χ1v) is 13.6. The van der Waals surface area contributed by atoms with Gasteiger partial charge >= 0.3 is 6.09 Å². The van der Waals surface area contributed by atoms with Crippen molar-refractivity contribution in [1.29, 1.82) is 0 Å². The Morgan fingerprint density at radius 2 is 1.89 bits per heavy atom. The van der Waals surface area contributed by atoms with Crippen LogP contribution in [0.3, 0.4) is 0 Å². The Bertz CT molecular complexity index is 1400. The first kappa shape index (κ1) is 27.2. The molecule has 0 aromatic carbocycles. The summed E-state index contributed by atoms with van der Waals surface area (Å²) in [6.07, 6.45) is 2.54. The lowest BCUT2D eigenvalue weighted by Gasteiger charge is -2.26. The van der Waals surface area contributed by atoms with Gasteiger partial charge in [0, 0.05) is 24.3 Å². The molecule has 0 saturated carbocycles. The van der Waals surface area contributed by atoms with Crippen molar-refractivity contribution >= 4 is 34.8 Å². The van der Waals surface area contributed by atoms with Crippen LogP contribution in [0.15, 0.2) is 48.1 Å². The molecule has 0 aliphatic carbocycles. The maximum absolute atomic E-state index is 13.2. The Balaban J connectivity index is 1.70. The number of likely N-dealkylation sites (N-methyl/N-ethyl adjacent to an activating group) is 1. The van der Waals surface area contributed by atoms with Crippen LogP contribution in [0.4, 0.5) is 10.6 Å². The van der Waals surface area contributed by atoms with Crippen molar-refractivity contribution in [3.05, 3.63) is 53.7 Å². The molecule has 4 aromatic rings. The highest BCUT2D eigenvalue weighted by molar-refractivity contribution is 7.13. The molecule has 0 bridgehead atoms. The quantitative estimate of drug-likeness (QED) is 0.296. The molecule has 0 radical (unpaired) electrons. The number of hydrogen-bond donors (Lipinski definition) is 2. The van der Waals surface area contributed by atoms with Crippen LogP contribution in [0.1, 0.15) is 45.0 Å². The highest BCUT2D eigenvalue weighted by Gasteiger charge is 2.19. The van der Waals surface area contributed by atoms with Gasteiger partial charge in [0.1, 0.15) is 5.82 Å². The summed E-state index contributed by atoms with van der Waals surface area (Å²) in [6.45, 7) is 12.1. The third kappa shape index (κ3) is 6.35. The van der Waals surface area contributed by atoms with Gasteiger partial charge in [-0.15, -0.1) is 11.3 Å². The van der Waals surface area contributed by atoms with E-state index >= 15 is 0 Å². The van der Waals surface area contributed by atoms with Gasteiger partial charge in [-0.05, 0) is 63.5 Å². The molecule has 0 unspecified atom stereocenters. The molecule has 11 heteroatoms. The summed E-state index contributed by atoms with van der Waals surface area (Å²) >= 11 is 1.60. The molecule has 1 atom stereocenters. The molecule has 4 heterocycles. The van der Waals surface area contributed by atoms with E-state index < -0.39 is 6.09 Å². The van der Waals surface area contributed by atoms with E-state index in [1.807, 2.05) is 29.8 Å². The van der Waals surface area contributed by atoms with Crippen molar-refractivity contribution < 1.29 is 14.3 Å². The van der Waals surface area contributed by atoms with E-state index in [9.17, 15) is 9.59 Å². The maximum Gasteiger partial charge on any atom is 0.413 e. The molecule has 0 spiro atoms. The second kappa shape index (κ2) is 12.1. The molecule has 10 nitrogen and oxygen atoms in total. The summed E-state index contributed by atoms with van der Waals surface area (Å²) in [6, 6.07) is 9.28. The van der Waals surface area contributed by atoms with Crippen molar-refractivity contribution in [2.45, 2.75) is 46.8 Å². The number of amides is 2. The summed E-state index contributed by atoms with van der Waals surface area (Å²) in [7, 11) is 0. The topological polar surface area (TPSA) is 114 Å². The number of anilines is 1. The molecule has 2 amide bonds. The number of pyridine rings is 1. The molecule has 0 saturated heterocycles. The number of fused-ring (bicyclic) bond motifs is 1. The van der Waals surface area contributed by atoms with Gasteiger partial charge in [-0.1, -0.05) is 19.9 Å². The zero-order valence-corrected chi connectivity index (χ0v) is 23.1. The number of carbonyl (C=O) groups is 2. The van der Waals surface area contributed by atoms with Crippen LogP contribution in [-0.4, -0.2) is 68.3 Å². The molecule has 4 rings (SSSR count). The van der Waals surface area contributed by atoms with Crippen LogP contribution in [0, 0.1) is 0 Å². The average molecular weight is 536 g/mol. The molecule has 2 N–H and O–H groups in total. The van der Waals surface area contributed by atoms with Gasteiger partial charge in [-0.2, -0.15) is 5.10 Å². The summed E-state index contributed by atoms with van der Waals surface area (Å²) < 4.78 is 6.88. The van der Waals surface area contributed by atoms with Gasteiger partial charge in [0.2, 0.25) is 0 Å². The Hall–Kier alpha value is -3.83. The van der Waals surface area contributed by atoms with Gasteiger partial charge in [0.15, 0.2) is 5.65 Å². The van der Waals surface area contributed by atoms with Gasteiger partial charge in [-0.25, -0.2) is 19.3 Å². The molecular weight excluding hydrogens is 502 g/mol. The van der Waals surface area contributed by atoms with Crippen molar-refractivity contribution in [1.82, 2.24) is 29.8 Å². The molecule has 4 aromatic heterocycles. The first-order valence-electron chi connectivity index (χ1n) is 12.7. The smallest absolute Gasteiger partial charge is 0.413 e. The fraction of sp³-hybridized carbons (Fsp3) is 0.370. The third-order valence-electron chi connectivity index (χ3n) is 6.07. The number of thiophene rings is 1. The van der Waals surface area contributed by atoms with E-state index in [2.05, 4.69) is 46.4 Å². The van der Waals surface area contributed by atoms with Crippen LogP contribution in [-0.2, 0) is 4.74 Å². The summed E-state index contributed by atoms with van der Waals surface area (Å²) in [5, 5.41) is 12.1. The van der Waals surface area contributed by atoms with Crippen LogP contribution in [0.25, 0.3) is 27.5 Å². The Labute approximate surface area is 226 Å². The van der Waals surface area contributed by atoms with E-state index in [-0.39, 0.29) is 23.9 Å². The lowest BCUT2D eigenvalue weighted by Crippen LogP contribution is -2.42. The highest BCUT2D eigenvalue weighted by Crippen LogP contribution is 2.28. The Morgan fingerprint density at radius 3 is 2.58 bits per heavy atom. The Morgan fingerprint density at radius 1 is 1.11 bits per heavy atom. The van der Waals surface area contributed by atoms with Gasteiger partial charge in [0.25, 0.3) is 5.91 Å². The van der Waals surface area contributed by atoms with E-state index in [1.54, 1.807) is 48.0 Å². The van der Waals surface area contributed by atoms with Crippen LogP contribution in [0.2, 0.25) is 0 Å². The fourth-order valence-corrected chi connectivity index (χ4v) is 4.84. The van der Waals surface area contributed by atoms with Crippen molar-refractivity contribution in [3.8, 4) is 21.8 Å². The number of carbonyl (C=O) groups excluding carboxylic acids is 2. The van der Waals surface area contributed by atoms with Gasteiger partial charge in [0.05, 0.1) is 34.1 Å². The van der Waals surface area contributed by atoms with Crippen LogP contribution < -0.4 is 10.6 Å². The molecule has 38 heavy (non-hydrogen) atoms. The number of rotatable bonds is 10. The van der Waals surface area contributed by atoms with E-state index in [4.69, 9.17) is 9.72 Å². The first-order chi connectivity index (χ1) is 18.3. The third-order valence-corrected chi connectivity index (χ3v) is 6.97. The number of aromatic nitrogens is 4. The average Bonchev–Trinajstić information content (AvgIpc) is 3.57. The van der Waals surface area contributed by atoms with Gasteiger partial charge < -0.3 is 10.1 Å². The monoisotopic (exact) mass is 535 g/mol. The van der Waals surface area contributed by atoms with Crippen molar-refractivity contribution in [2.75, 3.05) is 25.0 Å². The molecular formula is C27H33N7O3S. The van der Waals surface area contributed by atoms with E-state index in [1.165, 1.54) is 0 Å². The minimum atomic E-state index is -0.649. The minimum absolute atomic E-state index is 0.174. The second-order valence-electron chi connectivity index (χ2n) is 9.10. The lowest BCUT2D eigenvalue weighted by atomic mass is 10.1. The predicted molar refractivity (Wildman–Crippen MR) is 149 cm³/mol. The predicted octanol–water partition coefficient (Wildman–Crippen LogP) is 4.94. The summed E-state index contributed by atoms with van der Waals surface area (Å²) in [5.41, 5.74) is 2.85. The summed E-state index contributed by atoms with van der Waals surface area (Å²) in [5.74, 6) is -0.0690. The number of ether oxygens (including phenoxy) is 1. The Kier molecular flexibility index (Phi) is 8.70. The minimum Gasteiger partial charge on any atom is -0.447 e. The highest BCUT2D eigenvalue weighted by atomic mass is 32.1. The molecule has 0 aliphatic rings. The summed E-state index contributed by atoms with van der Waals surface area (Å²) in [4.78, 5) is 38.3. The van der Waals surface area contributed by atoms with Gasteiger partial charge in [-0.3, -0.25) is 15.0 Å². The normalized spacial score (nSPS) is 12.2. The van der Waals surface area contributed by atoms with Crippen LogP contribution >= 0.6 is 11.3 Å². The van der Waals surface area contributed by atoms with Crippen molar-refractivity contribution in [2.24, 2.45) is 0 Å². The number of nitrogens with one attached hydrogen (secondary N) is 2. The molecule has 0 aliphatic heterocycles. The second-order valence-corrected chi connectivity index (χ2v) is 10.0. The SMILES string of the molecule is CCN(CC)[C@@H](C)CNC(=O)c1cc(NC(=O)OC(C)C)nc(-c2cnn3ccc(-c4cccs4)nc23)c1. The maximum atomic E-state index is 13.2. The zero-order valence-electron chi connectivity index (χ0n) is 22.3. The fourth-order valence-electron chi connectivity index (χ4n) is 4.14. The number of hydrogen-bond acceptors (Lipinski definition) is 8. The van der Waals surface area contributed by atoms with Crippen molar-refractivity contribution in [3.63, 3.8) is 0 Å². The largest absolute Gasteiger partial charge is 0.447 e. The zero-order chi connectivity index (χ0) is 27.2. The standard InChI is InChI=1S/C27H33N7O3S/c1-6-33(7-2)18(5)15-28-26(35)19-13-22(30-24(14-19)32-27(36)37-17(3)4)20-16-29-34-11-10-21(31-25(20)34)23-9-8-12-38-23/h8-14,16-18H,6-7,15H2,1-5H3,(H,28,35)(H,30,32,36)/t18-/m0/s1. The van der Waals surface area contributed by atoms with Crippen LogP contribution in [0.5, 0.6) is 0 Å². The molecule has 200 valence electrons. The van der Waals surface area contributed by atoms with E-state index in [0.717, 1.165) is 23.7 Å². The molecule has 0 fully saturated rings. The van der Waals surface area contributed by atoms with E-state index in [0.29, 0.717) is 29.0 Å².